The maximum Gasteiger partial charge on any atom is 0.229 e. The number of hydrogen-bond acceptors (Lipinski definition) is 6. The summed E-state index contributed by atoms with van der Waals surface area (Å²) in [6, 6.07) is 41.5. The molecule has 0 aliphatic carbocycles. The first kappa shape index (κ1) is 36.6. The quantitative estimate of drug-likeness (QED) is 0.102. The molecule has 0 saturated carbocycles. The molecule has 1 unspecified atom stereocenters. The van der Waals surface area contributed by atoms with Crippen LogP contribution >= 0.6 is 7.37 Å². The van der Waals surface area contributed by atoms with Crippen molar-refractivity contribution in [1.29, 1.82) is 0 Å². The second kappa shape index (κ2) is 17.8. The number of rotatable bonds is 16. The van der Waals surface area contributed by atoms with Gasteiger partial charge in [0.05, 0.1) is 32.1 Å². The molecule has 0 radical (unpaired) electrons. The second-order valence-corrected chi connectivity index (χ2v) is 14.9. The highest BCUT2D eigenvalue weighted by molar-refractivity contribution is 7.57. The van der Waals surface area contributed by atoms with Gasteiger partial charge in [-0.15, -0.1) is 0 Å². The Bertz CT molecular complexity index is 1810. The van der Waals surface area contributed by atoms with Crippen LogP contribution in [0.15, 0.2) is 140 Å². The predicted molar refractivity (Wildman–Crippen MR) is 190 cm³/mol. The van der Waals surface area contributed by atoms with Crippen LogP contribution in [0, 0.1) is 11.6 Å². The highest BCUT2D eigenvalue weighted by atomic mass is 31.2. The van der Waals surface area contributed by atoms with Crippen LogP contribution in [0.2, 0.25) is 0 Å². The molecule has 6 atom stereocenters. The minimum absolute atomic E-state index is 0.00849. The highest BCUT2D eigenvalue weighted by Crippen LogP contribution is 2.47. The van der Waals surface area contributed by atoms with Crippen LogP contribution in [0.5, 0.6) is 5.75 Å². The molecule has 10 heteroatoms. The summed E-state index contributed by atoms with van der Waals surface area (Å²) in [4.78, 5) is 11.1. The fourth-order valence-electron chi connectivity index (χ4n) is 6.04. The molecule has 0 bridgehead atoms. The third-order valence-electron chi connectivity index (χ3n) is 8.67. The van der Waals surface area contributed by atoms with E-state index in [0.717, 1.165) is 28.8 Å². The van der Waals surface area contributed by atoms with Gasteiger partial charge in [-0.3, -0.25) is 4.57 Å². The summed E-state index contributed by atoms with van der Waals surface area (Å²) in [5.41, 5.74) is 2.35. The van der Waals surface area contributed by atoms with Gasteiger partial charge in [-0.05, 0) is 47.4 Å². The summed E-state index contributed by atoms with van der Waals surface area (Å²) in [5, 5.41) is 0. The van der Waals surface area contributed by atoms with Crippen LogP contribution in [0.25, 0.3) is 0 Å². The molecular weight excluding hydrogens is 673 g/mol. The van der Waals surface area contributed by atoms with Gasteiger partial charge in [0.1, 0.15) is 35.7 Å². The lowest BCUT2D eigenvalue weighted by Gasteiger charge is -2.46. The van der Waals surface area contributed by atoms with Gasteiger partial charge in [0, 0.05) is 11.7 Å². The van der Waals surface area contributed by atoms with Crippen molar-refractivity contribution in [2.45, 2.75) is 63.1 Å². The van der Waals surface area contributed by atoms with Crippen molar-refractivity contribution in [3.8, 4) is 5.75 Å². The van der Waals surface area contributed by atoms with Gasteiger partial charge < -0.3 is 28.6 Å². The average molecular weight is 715 g/mol. The van der Waals surface area contributed by atoms with Crippen LogP contribution in [-0.4, -0.2) is 41.8 Å². The molecule has 0 aromatic heterocycles. The fourth-order valence-corrected chi connectivity index (χ4v) is 7.66. The van der Waals surface area contributed by atoms with Crippen LogP contribution in [0.1, 0.15) is 28.7 Å². The topological polar surface area (TPSA) is 83.5 Å². The SMILES string of the molecule is O=P(O)(CC[C@H]1O[C@H](Oc2ccccc2)[C@@H](OCc2ccccc2)[C@@H](OCc2ccccc2)[C@@H]1OCc1ccccc1)Cc1c(F)cccc1F. The molecule has 5 aromatic carbocycles. The van der Waals surface area contributed by atoms with Gasteiger partial charge in [0.2, 0.25) is 13.7 Å². The van der Waals surface area contributed by atoms with Crippen molar-refractivity contribution < 1.29 is 41.9 Å². The fraction of sp³-hybridized carbons (Fsp3) is 0.268. The van der Waals surface area contributed by atoms with Crippen molar-refractivity contribution in [2.24, 2.45) is 0 Å². The molecule has 266 valence electrons. The Morgan fingerprint density at radius 2 is 1.04 bits per heavy atom. The van der Waals surface area contributed by atoms with E-state index in [-0.39, 0.29) is 32.4 Å². The zero-order chi connectivity index (χ0) is 35.5. The third kappa shape index (κ3) is 10.4. The normalized spacial score (nSPS) is 21.5. The first-order chi connectivity index (χ1) is 24.8. The first-order valence-corrected chi connectivity index (χ1v) is 18.9. The summed E-state index contributed by atoms with van der Waals surface area (Å²) in [6.07, 6.45) is -5.16. The van der Waals surface area contributed by atoms with Gasteiger partial charge in [-0.2, -0.15) is 0 Å². The number of para-hydroxylation sites is 1. The smallest absolute Gasteiger partial charge is 0.229 e. The minimum Gasteiger partial charge on any atom is -0.462 e. The monoisotopic (exact) mass is 714 g/mol. The van der Waals surface area contributed by atoms with E-state index in [1.165, 1.54) is 6.07 Å². The number of hydrogen-bond donors (Lipinski definition) is 1. The largest absolute Gasteiger partial charge is 0.462 e. The summed E-state index contributed by atoms with van der Waals surface area (Å²) < 4.78 is 75.5. The Hall–Kier alpha value is -4.21. The van der Waals surface area contributed by atoms with Gasteiger partial charge in [-0.25, -0.2) is 8.78 Å². The Balaban J connectivity index is 1.33. The van der Waals surface area contributed by atoms with E-state index in [2.05, 4.69) is 0 Å². The standard InChI is InChI=1S/C41H41F2O7P/c42-35-22-13-23-36(43)34(35)29-51(44,45)25-24-37-38(46-26-30-14-5-1-6-15-30)39(47-27-31-16-7-2-8-17-31)40(48-28-32-18-9-3-10-19-32)41(50-37)49-33-20-11-4-12-21-33/h1-23,37-41H,24-29H2,(H,44,45)/t37-,38-,39+,40+,41+/m1/s1. The van der Waals surface area contributed by atoms with Gasteiger partial charge in [-0.1, -0.05) is 115 Å². The van der Waals surface area contributed by atoms with Crippen LogP contribution in [-0.2, 0) is 49.5 Å². The maximum absolute atomic E-state index is 14.5. The summed E-state index contributed by atoms with van der Waals surface area (Å²) in [7, 11) is -4.10. The van der Waals surface area contributed by atoms with Gasteiger partial charge in [0.25, 0.3) is 0 Å². The Morgan fingerprint density at radius 1 is 0.588 bits per heavy atom. The van der Waals surface area contributed by atoms with E-state index in [1.54, 1.807) is 12.1 Å². The molecule has 0 spiro atoms. The Labute approximate surface area is 297 Å². The van der Waals surface area contributed by atoms with Gasteiger partial charge in [0.15, 0.2) is 0 Å². The van der Waals surface area contributed by atoms with Crippen LogP contribution in [0.4, 0.5) is 8.78 Å². The number of halogens is 2. The van der Waals surface area contributed by atoms with Crippen LogP contribution in [0.3, 0.4) is 0 Å². The lowest BCUT2D eigenvalue weighted by atomic mass is 9.96. The predicted octanol–water partition coefficient (Wildman–Crippen LogP) is 8.69. The zero-order valence-electron chi connectivity index (χ0n) is 28.0. The molecule has 1 saturated heterocycles. The molecule has 0 amide bonds. The van der Waals surface area contributed by atoms with Crippen molar-refractivity contribution in [3.63, 3.8) is 0 Å². The summed E-state index contributed by atoms with van der Waals surface area (Å²) in [6.45, 7) is 0.645. The molecule has 6 rings (SSSR count). The Kier molecular flexibility index (Phi) is 12.8. The summed E-state index contributed by atoms with van der Waals surface area (Å²) >= 11 is 0. The number of benzene rings is 5. The van der Waals surface area contributed by atoms with E-state index in [4.69, 9.17) is 23.7 Å². The van der Waals surface area contributed by atoms with E-state index < -0.39 is 61.4 Å². The Morgan fingerprint density at radius 3 is 1.55 bits per heavy atom. The van der Waals surface area contributed by atoms with E-state index in [1.807, 2.05) is 109 Å². The van der Waals surface area contributed by atoms with Crippen molar-refractivity contribution in [1.82, 2.24) is 0 Å². The molecule has 1 heterocycles. The van der Waals surface area contributed by atoms with Crippen molar-refractivity contribution in [3.05, 3.63) is 173 Å². The van der Waals surface area contributed by atoms with Crippen molar-refractivity contribution in [2.75, 3.05) is 6.16 Å². The molecule has 51 heavy (non-hydrogen) atoms. The second-order valence-electron chi connectivity index (χ2n) is 12.5. The third-order valence-corrected chi connectivity index (χ3v) is 10.4. The molecule has 7 nitrogen and oxygen atoms in total. The number of ether oxygens (including phenoxy) is 5. The molecule has 1 aliphatic heterocycles. The van der Waals surface area contributed by atoms with Gasteiger partial charge >= 0.3 is 0 Å². The molecule has 1 aliphatic rings. The lowest BCUT2D eigenvalue weighted by molar-refractivity contribution is -0.304. The van der Waals surface area contributed by atoms with E-state index in [0.29, 0.717) is 5.75 Å². The molecule has 5 aromatic rings. The first-order valence-electron chi connectivity index (χ1n) is 16.9. The molecule has 1 N–H and O–H groups in total. The minimum atomic E-state index is -4.10. The zero-order valence-corrected chi connectivity index (χ0v) is 28.9. The van der Waals surface area contributed by atoms with E-state index >= 15 is 0 Å². The van der Waals surface area contributed by atoms with Crippen molar-refractivity contribution >= 4 is 7.37 Å². The molecule has 1 fully saturated rings. The lowest BCUT2D eigenvalue weighted by Crippen LogP contribution is -2.61. The maximum atomic E-state index is 14.5. The highest BCUT2D eigenvalue weighted by Gasteiger charge is 2.50. The van der Waals surface area contributed by atoms with Crippen LogP contribution < -0.4 is 4.74 Å². The average Bonchev–Trinajstić information content (AvgIpc) is 3.15. The summed E-state index contributed by atoms with van der Waals surface area (Å²) in [5.74, 6) is -1.21. The molecular formula is C41H41F2O7P. The van der Waals surface area contributed by atoms with E-state index in [9.17, 15) is 18.2 Å².